The number of amides is 1. The molecule has 6 rings (SSSR count). The van der Waals surface area contributed by atoms with Crippen molar-refractivity contribution >= 4 is 39.7 Å². The number of halogens is 1. The molecule has 0 N–H and O–H groups in total. The van der Waals surface area contributed by atoms with E-state index < -0.39 is 0 Å². The van der Waals surface area contributed by atoms with Crippen LogP contribution in [0.25, 0.3) is 16.9 Å². The molecular formula is C28H30FN9OS. The topological polar surface area (TPSA) is 96.9 Å². The summed E-state index contributed by atoms with van der Waals surface area (Å²) in [6.45, 7) is 7.48. The van der Waals surface area contributed by atoms with E-state index in [9.17, 15) is 14.4 Å². The number of imidazole rings is 1. The van der Waals surface area contributed by atoms with Crippen molar-refractivity contribution in [3.8, 4) is 17.3 Å². The second-order valence-corrected chi connectivity index (χ2v) is 11.0. The summed E-state index contributed by atoms with van der Waals surface area (Å²) in [6.07, 6.45) is 5.62. The van der Waals surface area contributed by atoms with Crippen molar-refractivity contribution in [3.63, 3.8) is 0 Å². The largest absolute Gasteiger partial charge is 0.353 e. The normalized spacial score (nSPS) is 15.8. The molecule has 0 bridgehead atoms. The molecule has 3 aromatic heterocycles. The van der Waals surface area contributed by atoms with E-state index >= 15 is 0 Å². The molecule has 5 heterocycles. The molecule has 0 saturated carbocycles. The molecule has 0 aliphatic carbocycles. The van der Waals surface area contributed by atoms with E-state index in [-0.39, 0.29) is 11.7 Å². The lowest BCUT2D eigenvalue weighted by Gasteiger charge is -2.37. The van der Waals surface area contributed by atoms with Gasteiger partial charge in [-0.2, -0.15) is 5.26 Å². The number of hydrogen-bond acceptors (Lipinski definition) is 9. The van der Waals surface area contributed by atoms with Gasteiger partial charge >= 0.3 is 0 Å². The minimum absolute atomic E-state index is 0.224. The van der Waals surface area contributed by atoms with Gasteiger partial charge in [0.15, 0.2) is 10.8 Å². The Morgan fingerprint density at radius 3 is 2.52 bits per heavy atom. The second kappa shape index (κ2) is 10.8. The Morgan fingerprint density at radius 2 is 1.88 bits per heavy atom. The quantitative estimate of drug-likeness (QED) is 0.339. The number of likely N-dealkylation sites (tertiary alicyclic amines) is 1. The first-order valence-electron chi connectivity index (χ1n) is 13.5. The van der Waals surface area contributed by atoms with E-state index in [1.54, 1.807) is 18.3 Å². The van der Waals surface area contributed by atoms with Gasteiger partial charge in [-0.05, 0) is 37.1 Å². The molecule has 2 aliphatic heterocycles. The van der Waals surface area contributed by atoms with Crippen molar-refractivity contribution in [3.05, 3.63) is 53.0 Å². The van der Waals surface area contributed by atoms with E-state index in [0.29, 0.717) is 34.2 Å². The number of aromatic nitrogens is 4. The molecule has 2 saturated heterocycles. The molecule has 1 aromatic carbocycles. The third-order valence-corrected chi connectivity index (χ3v) is 8.61. The summed E-state index contributed by atoms with van der Waals surface area (Å²) in [7, 11) is 1.92. The van der Waals surface area contributed by atoms with Crippen LogP contribution in [0.5, 0.6) is 0 Å². The summed E-state index contributed by atoms with van der Waals surface area (Å²) in [5.74, 6) is 1.60. The molecule has 206 valence electrons. The Bertz CT molecular complexity index is 1580. The Labute approximate surface area is 235 Å². The summed E-state index contributed by atoms with van der Waals surface area (Å²) >= 11 is 1.29. The van der Waals surface area contributed by atoms with Gasteiger partial charge in [-0.3, -0.25) is 14.1 Å². The van der Waals surface area contributed by atoms with Gasteiger partial charge in [0.05, 0.1) is 24.6 Å². The van der Waals surface area contributed by atoms with E-state index in [4.69, 9.17) is 15.0 Å². The average Bonchev–Trinajstić information content (AvgIpc) is 3.54. The van der Waals surface area contributed by atoms with Crippen LogP contribution in [-0.2, 0) is 11.2 Å². The number of benzene rings is 1. The Kier molecular flexibility index (Phi) is 7.08. The van der Waals surface area contributed by atoms with Crippen LogP contribution >= 0.6 is 11.3 Å². The van der Waals surface area contributed by atoms with E-state index in [1.165, 1.54) is 23.5 Å². The number of nitriles is 1. The molecule has 4 aromatic rings. The van der Waals surface area contributed by atoms with E-state index in [2.05, 4.69) is 22.8 Å². The number of rotatable bonds is 7. The van der Waals surface area contributed by atoms with Gasteiger partial charge < -0.3 is 14.7 Å². The van der Waals surface area contributed by atoms with Crippen LogP contribution in [0, 0.1) is 17.1 Å². The fourth-order valence-corrected chi connectivity index (χ4v) is 6.00. The molecule has 40 heavy (non-hydrogen) atoms. The lowest BCUT2D eigenvalue weighted by Crippen LogP contribution is -2.52. The third kappa shape index (κ3) is 4.87. The maximum Gasteiger partial charge on any atom is 0.236 e. The number of thiazole rings is 1. The number of nitrogens with zero attached hydrogens (tertiary/aromatic N) is 9. The highest BCUT2D eigenvalue weighted by atomic mass is 32.1. The van der Waals surface area contributed by atoms with Gasteiger partial charge in [0, 0.05) is 51.9 Å². The summed E-state index contributed by atoms with van der Waals surface area (Å²) in [4.78, 5) is 35.5. The first-order valence-corrected chi connectivity index (χ1v) is 14.3. The highest BCUT2D eigenvalue weighted by Gasteiger charge is 2.26. The summed E-state index contributed by atoms with van der Waals surface area (Å²) in [5.41, 5.74) is 2.86. The van der Waals surface area contributed by atoms with Gasteiger partial charge in [0.1, 0.15) is 34.1 Å². The number of aryl methyl sites for hydroxylation is 1. The fraction of sp³-hybridized carbons (Fsp3) is 0.393. The van der Waals surface area contributed by atoms with Crippen LogP contribution in [0.1, 0.15) is 23.9 Å². The molecule has 0 radical (unpaired) electrons. The number of carbonyl (C=O) groups excluding carboxylic acids is 1. The first kappa shape index (κ1) is 26.2. The molecule has 0 unspecified atom stereocenters. The second-order valence-electron chi connectivity index (χ2n) is 10.1. The molecule has 1 amide bonds. The summed E-state index contributed by atoms with van der Waals surface area (Å²) in [6, 6.07) is 8.27. The highest BCUT2D eigenvalue weighted by Crippen LogP contribution is 2.37. The number of piperazine rings is 1. The molecule has 2 fully saturated rings. The average molecular weight is 560 g/mol. The van der Waals surface area contributed by atoms with Crippen molar-refractivity contribution in [1.29, 1.82) is 5.26 Å². The molecular weight excluding hydrogens is 529 g/mol. The van der Waals surface area contributed by atoms with Crippen LogP contribution in [-0.4, -0.2) is 87.9 Å². The lowest BCUT2D eigenvalue weighted by molar-refractivity contribution is -0.135. The molecule has 2 aliphatic rings. The fourth-order valence-electron chi connectivity index (χ4n) is 5.15. The molecule has 12 heteroatoms. The number of fused-ring (bicyclic) bond motifs is 1. The van der Waals surface area contributed by atoms with Crippen LogP contribution in [0.4, 0.5) is 21.2 Å². The lowest BCUT2D eigenvalue weighted by atomic mass is 10.1. The Hall–Kier alpha value is -4.08. The van der Waals surface area contributed by atoms with Crippen LogP contribution in [0.3, 0.4) is 0 Å². The van der Waals surface area contributed by atoms with Gasteiger partial charge in [-0.25, -0.2) is 19.3 Å². The smallest absolute Gasteiger partial charge is 0.236 e. The van der Waals surface area contributed by atoms with E-state index in [1.807, 2.05) is 27.4 Å². The zero-order valence-corrected chi connectivity index (χ0v) is 23.4. The standard InChI is InChI=1S/C28H30FN9OS/c1-3-21-27(34(2)28-33-26(22(15-30)40-28)19-5-7-20(29)8-6-19)38-17-24(31-16-23(38)32-21)36-13-11-35(12-14-36)18-25(39)37-9-4-10-37/h5-8,16-17H,3-4,9-14,18H2,1-2H3. The van der Waals surface area contributed by atoms with Crippen molar-refractivity contribution in [2.45, 2.75) is 19.8 Å². The van der Waals surface area contributed by atoms with Crippen LogP contribution in [0.15, 0.2) is 36.7 Å². The molecule has 10 nitrogen and oxygen atoms in total. The Balaban J connectivity index is 1.26. The van der Waals surface area contributed by atoms with E-state index in [0.717, 1.165) is 68.7 Å². The van der Waals surface area contributed by atoms with Crippen LogP contribution < -0.4 is 9.80 Å². The maximum absolute atomic E-state index is 13.5. The minimum Gasteiger partial charge on any atom is -0.353 e. The number of carbonyl (C=O) groups is 1. The van der Waals surface area contributed by atoms with Crippen LogP contribution in [0.2, 0.25) is 0 Å². The molecule has 0 atom stereocenters. The number of hydrogen-bond donors (Lipinski definition) is 0. The number of anilines is 3. The SMILES string of the molecule is CCc1nc2cnc(N3CCN(CC(=O)N4CCC4)CC3)cn2c1N(C)c1nc(-c2ccc(F)cc2)c(C#N)s1. The van der Waals surface area contributed by atoms with Gasteiger partial charge in [0.25, 0.3) is 0 Å². The van der Waals surface area contributed by atoms with Gasteiger partial charge in [-0.15, -0.1) is 0 Å². The monoisotopic (exact) mass is 559 g/mol. The predicted molar refractivity (Wildman–Crippen MR) is 153 cm³/mol. The van der Waals surface area contributed by atoms with Gasteiger partial charge in [-0.1, -0.05) is 18.3 Å². The van der Waals surface area contributed by atoms with Gasteiger partial charge in [0.2, 0.25) is 5.91 Å². The highest BCUT2D eigenvalue weighted by molar-refractivity contribution is 7.16. The molecule has 0 spiro atoms. The third-order valence-electron chi connectivity index (χ3n) is 7.58. The summed E-state index contributed by atoms with van der Waals surface area (Å²) < 4.78 is 15.5. The van der Waals surface area contributed by atoms with Crippen molar-refractivity contribution in [2.24, 2.45) is 0 Å². The summed E-state index contributed by atoms with van der Waals surface area (Å²) in [5, 5.41) is 10.4. The van der Waals surface area contributed by atoms with Crippen molar-refractivity contribution in [2.75, 3.05) is 62.7 Å². The Morgan fingerprint density at radius 1 is 1.12 bits per heavy atom. The minimum atomic E-state index is -0.334. The maximum atomic E-state index is 13.5. The van der Waals surface area contributed by atoms with Crippen molar-refractivity contribution < 1.29 is 9.18 Å². The first-order chi connectivity index (χ1) is 19.4. The van der Waals surface area contributed by atoms with Crippen molar-refractivity contribution in [1.82, 2.24) is 29.2 Å². The zero-order chi connectivity index (χ0) is 27.8. The predicted octanol–water partition coefficient (Wildman–Crippen LogP) is 3.55. The zero-order valence-electron chi connectivity index (χ0n) is 22.5.